The molecule has 1 aromatic rings. The zero-order chi connectivity index (χ0) is 16.0. The van der Waals surface area contributed by atoms with E-state index in [1.54, 1.807) is 19.2 Å². The van der Waals surface area contributed by atoms with Crippen LogP contribution in [-0.4, -0.2) is 32.9 Å². The Balaban J connectivity index is 2.97. The lowest BCUT2D eigenvalue weighted by Crippen LogP contribution is -2.29. The van der Waals surface area contributed by atoms with Crippen molar-refractivity contribution in [3.63, 3.8) is 0 Å². The van der Waals surface area contributed by atoms with E-state index < -0.39 is 10.0 Å². The Morgan fingerprint density at radius 3 is 2.52 bits per heavy atom. The molecule has 21 heavy (non-hydrogen) atoms. The van der Waals surface area contributed by atoms with Crippen LogP contribution in [0.25, 0.3) is 0 Å². The van der Waals surface area contributed by atoms with Gasteiger partial charge in [0.05, 0.1) is 4.90 Å². The maximum atomic E-state index is 12.6. The highest BCUT2D eigenvalue weighted by atomic mass is 32.2. The summed E-state index contributed by atoms with van der Waals surface area (Å²) in [6.45, 7) is 10.4. The Hall–Kier alpha value is -0.910. The van der Waals surface area contributed by atoms with E-state index in [4.69, 9.17) is 0 Å². The van der Waals surface area contributed by atoms with Crippen molar-refractivity contribution >= 4 is 10.0 Å². The fourth-order valence-electron chi connectivity index (χ4n) is 2.00. The molecule has 0 bridgehead atoms. The normalized spacial score (nSPS) is 12.3. The first-order valence-corrected chi connectivity index (χ1v) is 8.99. The highest BCUT2D eigenvalue weighted by molar-refractivity contribution is 7.89. The van der Waals surface area contributed by atoms with Gasteiger partial charge in [0.1, 0.15) is 0 Å². The molecule has 1 N–H and O–H groups in total. The highest BCUT2D eigenvalue weighted by Crippen LogP contribution is 2.19. The van der Waals surface area contributed by atoms with Crippen LogP contribution >= 0.6 is 0 Å². The van der Waals surface area contributed by atoms with Crippen LogP contribution in [0.1, 0.15) is 38.3 Å². The Morgan fingerprint density at radius 2 is 1.95 bits per heavy atom. The van der Waals surface area contributed by atoms with Gasteiger partial charge in [0.2, 0.25) is 10.0 Å². The molecule has 0 spiro atoms. The van der Waals surface area contributed by atoms with E-state index in [9.17, 15) is 8.42 Å². The number of nitrogens with one attached hydrogen (secondary N) is 1. The molecule has 0 aliphatic carbocycles. The summed E-state index contributed by atoms with van der Waals surface area (Å²) in [5.41, 5.74) is 2.15. The molecule has 0 amide bonds. The van der Waals surface area contributed by atoms with Gasteiger partial charge in [-0.05, 0) is 49.1 Å². The molecule has 0 aromatic heterocycles. The van der Waals surface area contributed by atoms with Crippen molar-refractivity contribution in [2.45, 2.75) is 45.6 Å². The third-order valence-corrected chi connectivity index (χ3v) is 5.47. The quantitative estimate of drug-likeness (QED) is 0.803. The van der Waals surface area contributed by atoms with Crippen LogP contribution in [0.3, 0.4) is 0 Å². The van der Waals surface area contributed by atoms with Gasteiger partial charge in [0, 0.05) is 20.1 Å². The van der Waals surface area contributed by atoms with Crippen LogP contribution in [0.4, 0.5) is 0 Å². The zero-order valence-electron chi connectivity index (χ0n) is 13.8. The lowest BCUT2D eigenvalue weighted by molar-refractivity contribution is 0.428. The minimum absolute atomic E-state index is 0.382. The number of hydrogen-bond donors (Lipinski definition) is 1. The molecule has 0 unspecified atom stereocenters. The molecular formula is C16H28N2O2S. The number of benzene rings is 1. The predicted molar refractivity (Wildman–Crippen MR) is 87.8 cm³/mol. The molecule has 0 aliphatic heterocycles. The van der Waals surface area contributed by atoms with Crippen molar-refractivity contribution in [1.29, 1.82) is 0 Å². The smallest absolute Gasteiger partial charge is 0.242 e. The highest BCUT2D eigenvalue weighted by Gasteiger charge is 2.21. The summed E-state index contributed by atoms with van der Waals surface area (Å²) in [6.07, 6.45) is 0.867. The zero-order valence-corrected chi connectivity index (χ0v) is 14.6. The second-order valence-corrected chi connectivity index (χ2v) is 7.92. The molecule has 0 atom stereocenters. The largest absolute Gasteiger partial charge is 0.313 e. The predicted octanol–water partition coefficient (Wildman–Crippen LogP) is 2.77. The maximum absolute atomic E-state index is 12.6. The molecular weight excluding hydrogens is 284 g/mol. The molecule has 1 rings (SSSR count). The summed E-state index contributed by atoms with van der Waals surface area (Å²) in [7, 11) is -1.74. The van der Waals surface area contributed by atoms with Crippen molar-refractivity contribution in [3.05, 3.63) is 29.3 Å². The minimum Gasteiger partial charge on any atom is -0.313 e. The van der Waals surface area contributed by atoms with Crippen LogP contribution in [0.5, 0.6) is 0 Å². The van der Waals surface area contributed by atoms with Gasteiger partial charge >= 0.3 is 0 Å². The Morgan fingerprint density at radius 1 is 1.29 bits per heavy atom. The Labute approximate surface area is 129 Å². The van der Waals surface area contributed by atoms with Gasteiger partial charge < -0.3 is 5.32 Å². The second kappa shape index (κ2) is 7.92. The molecule has 4 nitrogen and oxygen atoms in total. The SMILES string of the molecule is CCNCc1cc(S(=O)(=O)N(C)CCC(C)C)ccc1C. The van der Waals surface area contributed by atoms with E-state index in [1.807, 2.05) is 19.9 Å². The topological polar surface area (TPSA) is 49.4 Å². The first-order valence-electron chi connectivity index (χ1n) is 7.55. The van der Waals surface area contributed by atoms with Crippen LogP contribution in [0.2, 0.25) is 0 Å². The summed E-state index contributed by atoms with van der Waals surface area (Å²) >= 11 is 0. The molecule has 120 valence electrons. The molecule has 0 saturated carbocycles. The molecule has 0 aliphatic rings. The van der Waals surface area contributed by atoms with Crippen LogP contribution in [0.15, 0.2) is 23.1 Å². The van der Waals surface area contributed by atoms with Gasteiger partial charge in [-0.1, -0.05) is 26.8 Å². The van der Waals surface area contributed by atoms with Crippen molar-refractivity contribution in [2.75, 3.05) is 20.1 Å². The Bertz CT molecular complexity index is 553. The number of rotatable bonds is 8. The van der Waals surface area contributed by atoms with E-state index in [-0.39, 0.29) is 0 Å². The molecule has 0 radical (unpaired) electrons. The van der Waals surface area contributed by atoms with Crippen molar-refractivity contribution < 1.29 is 8.42 Å². The van der Waals surface area contributed by atoms with Gasteiger partial charge in [-0.2, -0.15) is 0 Å². The first kappa shape index (κ1) is 18.1. The fraction of sp³-hybridized carbons (Fsp3) is 0.625. The number of aryl methyl sites for hydroxylation is 1. The summed E-state index contributed by atoms with van der Waals surface area (Å²) in [5, 5.41) is 3.24. The number of nitrogens with zero attached hydrogens (tertiary/aromatic N) is 1. The minimum atomic E-state index is -3.39. The fourth-order valence-corrected chi connectivity index (χ4v) is 3.24. The summed E-state index contributed by atoms with van der Waals surface area (Å²) in [6, 6.07) is 5.38. The molecule has 1 aromatic carbocycles. The standard InChI is InChI=1S/C16H28N2O2S/c1-6-17-12-15-11-16(8-7-14(15)4)21(19,20)18(5)10-9-13(2)3/h7-8,11,13,17H,6,9-10,12H2,1-5H3. The third kappa shape index (κ3) is 5.09. The number of sulfonamides is 1. The van der Waals surface area contributed by atoms with E-state index in [0.717, 1.165) is 24.1 Å². The molecule has 5 heteroatoms. The summed E-state index contributed by atoms with van der Waals surface area (Å²) in [4.78, 5) is 0.382. The van der Waals surface area contributed by atoms with E-state index >= 15 is 0 Å². The van der Waals surface area contributed by atoms with Gasteiger partial charge in [-0.3, -0.25) is 0 Å². The number of hydrogen-bond acceptors (Lipinski definition) is 3. The Kier molecular flexibility index (Phi) is 6.84. The average Bonchev–Trinajstić information content (AvgIpc) is 2.43. The third-order valence-electron chi connectivity index (χ3n) is 3.62. The lowest BCUT2D eigenvalue weighted by Gasteiger charge is -2.19. The van der Waals surface area contributed by atoms with Gasteiger partial charge in [0.25, 0.3) is 0 Å². The van der Waals surface area contributed by atoms with Crippen LogP contribution in [0, 0.1) is 12.8 Å². The molecule has 0 heterocycles. The first-order chi connectivity index (χ1) is 9.78. The van der Waals surface area contributed by atoms with Crippen LogP contribution < -0.4 is 5.32 Å². The van der Waals surface area contributed by atoms with Crippen molar-refractivity contribution in [3.8, 4) is 0 Å². The van der Waals surface area contributed by atoms with Crippen LogP contribution in [-0.2, 0) is 16.6 Å². The summed E-state index contributed by atoms with van der Waals surface area (Å²) < 4.78 is 26.6. The maximum Gasteiger partial charge on any atom is 0.242 e. The second-order valence-electron chi connectivity index (χ2n) is 5.88. The van der Waals surface area contributed by atoms with Gasteiger partial charge in [0.15, 0.2) is 0 Å². The van der Waals surface area contributed by atoms with E-state index in [0.29, 0.717) is 23.9 Å². The van der Waals surface area contributed by atoms with Gasteiger partial charge in [-0.25, -0.2) is 12.7 Å². The molecule has 0 saturated heterocycles. The van der Waals surface area contributed by atoms with E-state index in [2.05, 4.69) is 19.2 Å². The average molecular weight is 312 g/mol. The lowest BCUT2D eigenvalue weighted by atomic mass is 10.1. The van der Waals surface area contributed by atoms with Crippen molar-refractivity contribution in [2.24, 2.45) is 5.92 Å². The molecule has 0 fully saturated rings. The van der Waals surface area contributed by atoms with Gasteiger partial charge in [-0.15, -0.1) is 0 Å². The van der Waals surface area contributed by atoms with Crippen molar-refractivity contribution in [1.82, 2.24) is 9.62 Å². The monoisotopic (exact) mass is 312 g/mol. The summed E-state index contributed by atoms with van der Waals surface area (Å²) in [5.74, 6) is 0.491. The van der Waals surface area contributed by atoms with E-state index in [1.165, 1.54) is 4.31 Å².